The maximum Gasteiger partial charge on any atom is 0.235 e. The molecule has 2 aliphatic rings. The van der Waals surface area contributed by atoms with Gasteiger partial charge in [0, 0.05) is 31.1 Å². The Labute approximate surface area is 332 Å². The van der Waals surface area contributed by atoms with Crippen LogP contribution in [0.4, 0.5) is 17.3 Å². The Morgan fingerprint density at radius 2 is 0.982 bits per heavy atom. The minimum Gasteiger partial charge on any atom is -0.278 e. The van der Waals surface area contributed by atoms with Crippen LogP contribution < -0.4 is 4.90 Å². The molecule has 0 amide bonds. The standard InChI is InChI=1S/C53H31N3S/c1-2-15-34-31-35(26-25-32(34)13-1)50-39-28-30-47-49(48-36-16-4-3-14-33(36)27-29-46(48)57-47)51(39)55-52(54-50)56-44-23-11-9-21-42(44)53(43-22-10-12-24-45(43)56)40-19-7-5-17-37(40)38-18-6-8-20-41(38)53/h1-31H. The first-order valence-corrected chi connectivity index (χ1v) is 20.3. The summed E-state index contributed by atoms with van der Waals surface area (Å²) in [4.78, 5) is 13.7. The monoisotopic (exact) mass is 741 g/mol. The maximum atomic E-state index is 5.73. The molecule has 0 N–H and O–H groups in total. The van der Waals surface area contributed by atoms with Gasteiger partial charge in [-0.3, -0.25) is 4.90 Å². The molecule has 264 valence electrons. The van der Waals surface area contributed by atoms with Crippen molar-refractivity contribution in [3.63, 3.8) is 0 Å². The number of anilines is 3. The van der Waals surface area contributed by atoms with Gasteiger partial charge in [0.1, 0.15) is 0 Å². The molecule has 0 fully saturated rings. The van der Waals surface area contributed by atoms with Gasteiger partial charge in [-0.1, -0.05) is 152 Å². The van der Waals surface area contributed by atoms with Crippen LogP contribution in [0.25, 0.3) is 75.0 Å². The zero-order chi connectivity index (χ0) is 37.2. The molecule has 13 rings (SSSR count). The first kappa shape index (κ1) is 31.1. The average molecular weight is 742 g/mol. The SMILES string of the molecule is c1ccc2c(c1)-c1ccccc1C21c2ccccc2N(c2nc(-c3ccc4ccccc4c3)c3ccc4sc5ccc6ccccc6c5c4c3n2)c2ccccc21. The summed E-state index contributed by atoms with van der Waals surface area (Å²) in [6, 6.07) is 68.8. The van der Waals surface area contributed by atoms with Crippen molar-refractivity contribution in [1.82, 2.24) is 9.97 Å². The molecule has 0 saturated carbocycles. The smallest absolute Gasteiger partial charge is 0.235 e. The summed E-state index contributed by atoms with van der Waals surface area (Å²) in [5.74, 6) is 0.659. The molecular formula is C53H31N3S. The lowest BCUT2D eigenvalue weighted by molar-refractivity contribution is 0.750. The van der Waals surface area contributed by atoms with Crippen molar-refractivity contribution in [3.8, 4) is 22.4 Å². The van der Waals surface area contributed by atoms with E-state index in [0.717, 1.165) is 33.5 Å². The highest BCUT2D eigenvalue weighted by atomic mass is 32.1. The second kappa shape index (κ2) is 11.5. The molecule has 0 unspecified atom stereocenters. The molecule has 1 aliphatic carbocycles. The van der Waals surface area contributed by atoms with Gasteiger partial charge in [-0.25, -0.2) is 9.97 Å². The summed E-state index contributed by atoms with van der Waals surface area (Å²) in [7, 11) is 0. The molecule has 0 radical (unpaired) electrons. The van der Waals surface area contributed by atoms with Crippen LogP contribution in [0.2, 0.25) is 0 Å². The molecule has 2 aromatic heterocycles. The van der Waals surface area contributed by atoms with E-state index in [4.69, 9.17) is 9.97 Å². The average Bonchev–Trinajstić information content (AvgIpc) is 3.81. The van der Waals surface area contributed by atoms with E-state index in [1.54, 1.807) is 0 Å². The predicted octanol–water partition coefficient (Wildman–Crippen LogP) is 14.1. The predicted molar refractivity (Wildman–Crippen MR) is 238 cm³/mol. The van der Waals surface area contributed by atoms with E-state index < -0.39 is 5.41 Å². The molecule has 0 atom stereocenters. The van der Waals surface area contributed by atoms with Gasteiger partial charge in [0.15, 0.2) is 0 Å². The topological polar surface area (TPSA) is 29.0 Å². The van der Waals surface area contributed by atoms with Crippen molar-refractivity contribution in [2.75, 3.05) is 4.90 Å². The van der Waals surface area contributed by atoms with Crippen LogP contribution in [0.15, 0.2) is 188 Å². The number of para-hydroxylation sites is 2. The van der Waals surface area contributed by atoms with Crippen molar-refractivity contribution in [2.24, 2.45) is 0 Å². The van der Waals surface area contributed by atoms with Gasteiger partial charge in [-0.2, -0.15) is 0 Å². The Morgan fingerprint density at radius 3 is 1.72 bits per heavy atom. The summed E-state index contributed by atoms with van der Waals surface area (Å²) in [5.41, 5.74) is 12.2. The van der Waals surface area contributed by atoms with Gasteiger partial charge in [-0.15, -0.1) is 11.3 Å². The number of nitrogens with zero attached hydrogens (tertiary/aromatic N) is 3. The van der Waals surface area contributed by atoms with Crippen LogP contribution in [0, 0.1) is 0 Å². The van der Waals surface area contributed by atoms with Gasteiger partial charge < -0.3 is 0 Å². The molecular weight excluding hydrogens is 711 g/mol. The minimum absolute atomic E-state index is 0.509. The van der Waals surface area contributed by atoms with Gasteiger partial charge in [-0.05, 0) is 91.3 Å². The molecule has 3 nitrogen and oxygen atoms in total. The van der Waals surface area contributed by atoms with E-state index in [-0.39, 0.29) is 0 Å². The number of aromatic nitrogens is 2. The van der Waals surface area contributed by atoms with Crippen molar-refractivity contribution in [3.05, 3.63) is 210 Å². The fourth-order valence-electron chi connectivity index (χ4n) is 10.1. The zero-order valence-electron chi connectivity index (χ0n) is 30.6. The third-order valence-electron chi connectivity index (χ3n) is 12.5. The third kappa shape index (κ3) is 4.10. The first-order chi connectivity index (χ1) is 28.3. The van der Waals surface area contributed by atoms with Crippen LogP contribution in [0.1, 0.15) is 22.3 Å². The summed E-state index contributed by atoms with van der Waals surface area (Å²) < 4.78 is 2.48. The second-order valence-electron chi connectivity index (χ2n) is 15.2. The highest BCUT2D eigenvalue weighted by Crippen LogP contribution is 2.63. The highest BCUT2D eigenvalue weighted by molar-refractivity contribution is 7.26. The Balaban J connectivity index is 1.17. The lowest BCUT2D eigenvalue weighted by Crippen LogP contribution is -2.36. The normalized spacial score (nSPS) is 13.7. The number of benzene rings is 9. The van der Waals surface area contributed by atoms with Crippen molar-refractivity contribution in [1.29, 1.82) is 0 Å². The van der Waals surface area contributed by atoms with Gasteiger partial charge in [0.2, 0.25) is 5.95 Å². The molecule has 3 heterocycles. The van der Waals surface area contributed by atoms with Crippen molar-refractivity contribution < 1.29 is 0 Å². The zero-order valence-corrected chi connectivity index (χ0v) is 31.5. The van der Waals surface area contributed by atoms with E-state index in [1.165, 1.54) is 75.1 Å². The van der Waals surface area contributed by atoms with E-state index in [2.05, 4.69) is 193 Å². The van der Waals surface area contributed by atoms with Crippen molar-refractivity contribution in [2.45, 2.75) is 5.41 Å². The molecule has 1 spiro atoms. The minimum atomic E-state index is -0.509. The summed E-state index contributed by atoms with van der Waals surface area (Å²) >= 11 is 1.84. The number of fused-ring (bicyclic) bond motifs is 17. The van der Waals surface area contributed by atoms with Gasteiger partial charge in [0.25, 0.3) is 0 Å². The Kier molecular flexibility index (Phi) is 6.25. The summed E-state index contributed by atoms with van der Waals surface area (Å²) in [6.07, 6.45) is 0. The second-order valence-corrected chi connectivity index (χ2v) is 16.3. The lowest BCUT2D eigenvalue weighted by Gasteiger charge is -2.44. The third-order valence-corrected chi connectivity index (χ3v) is 13.6. The fraction of sp³-hybridized carbons (Fsp3) is 0.0189. The quantitative estimate of drug-likeness (QED) is 0.177. The van der Waals surface area contributed by atoms with Crippen LogP contribution in [0.5, 0.6) is 0 Å². The molecule has 57 heavy (non-hydrogen) atoms. The molecule has 1 aliphatic heterocycles. The number of hydrogen-bond acceptors (Lipinski definition) is 4. The van der Waals surface area contributed by atoms with E-state index in [0.29, 0.717) is 5.95 Å². The fourth-order valence-corrected chi connectivity index (χ4v) is 11.3. The number of hydrogen-bond donors (Lipinski definition) is 0. The van der Waals surface area contributed by atoms with Gasteiger partial charge >= 0.3 is 0 Å². The lowest BCUT2D eigenvalue weighted by atomic mass is 9.65. The Bertz CT molecular complexity index is 3410. The summed E-state index contributed by atoms with van der Waals surface area (Å²) in [6.45, 7) is 0. The highest BCUT2D eigenvalue weighted by Gasteiger charge is 2.51. The van der Waals surface area contributed by atoms with Crippen LogP contribution in [-0.4, -0.2) is 9.97 Å². The number of rotatable bonds is 2. The van der Waals surface area contributed by atoms with Crippen LogP contribution in [0.3, 0.4) is 0 Å². The Morgan fingerprint density at radius 1 is 0.421 bits per heavy atom. The Hall–Kier alpha value is -7.14. The first-order valence-electron chi connectivity index (χ1n) is 19.5. The van der Waals surface area contributed by atoms with Crippen LogP contribution >= 0.6 is 11.3 Å². The molecule has 4 heteroatoms. The maximum absolute atomic E-state index is 5.73. The molecule has 0 bridgehead atoms. The van der Waals surface area contributed by atoms with Gasteiger partial charge in [0.05, 0.1) is 28.0 Å². The molecule has 9 aromatic carbocycles. The summed E-state index contributed by atoms with van der Waals surface area (Å²) in [5, 5.41) is 8.35. The van der Waals surface area contributed by atoms with E-state index in [1.807, 2.05) is 11.3 Å². The molecule has 0 saturated heterocycles. The van der Waals surface area contributed by atoms with E-state index in [9.17, 15) is 0 Å². The number of thiophene rings is 1. The van der Waals surface area contributed by atoms with Crippen LogP contribution in [-0.2, 0) is 5.41 Å². The molecule has 11 aromatic rings. The largest absolute Gasteiger partial charge is 0.278 e. The van der Waals surface area contributed by atoms with E-state index >= 15 is 0 Å². The van der Waals surface area contributed by atoms with Crippen molar-refractivity contribution >= 4 is 81.3 Å².